The molecule has 1 amide bonds. The molecule has 2 rings (SSSR count). The first-order valence-corrected chi connectivity index (χ1v) is 10.00. The van der Waals surface area contributed by atoms with E-state index < -0.39 is 0 Å². The molecule has 0 aliphatic rings. The molecule has 0 fully saturated rings. The van der Waals surface area contributed by atoms with E-state index in [0.29, 0.717) is 42.6 Å². The minimum Gasteiger partial charge on any atom is -0.493 e. The van der Waals surface area contributed by atoms with Crippen LogP contribution in [0.15, 0.2) is 30.3 Å². The van der Waals surface area contributed by atoms with Crippen LogP contribution in [0.4, 0.5) is 4.79 Å². The summed E-state index contributed by atoms with van der Waals surface area (Å²) in [6.07, 6.45) is 4.27. The van der Waals surface area contributed by atoms with Gasteiger partial charge in [0.05, 0.1) is 35.0 Å². The van der Waals surface area contributed by atoms with Crippen molar-refractivity contribution in [3.05, 3.63) is 47.0 Å². The van der Waals surface area contributed by atoms with Crippen molar-refractivity contribution in [3.63, 3.8) is 0 Å². The maximum Gasteiger partial charge on any atom is 0.409 e. The predicted molar refractivity (Wildman–Crippen MR) is 121 cm³/mol. The number of hydrogen-bond donors (Lipinski definition) is 0. The standard InChI is InChI=1S/C24H31NO6/c1-7-31-24(26)25(2)13-12-19-16-23(30-6)22(29-5)15-18(19)10-8-17-9-11-20(27-3)21(14-17)28-4/h8-11,14-16H,7,12-13H2,1-6H3. The molecule has 0 aliphatic carbocycles. The smallest absolute Gasteiger partial charge is 0.409 e. The molecule has 0 radical (unpaired) electrons. The Bertz CT molecular complexity index is 909. The Morgan fingerprint density at radius 1 is 0.871 bits per heavy atom. The molecule has 0 aliphatic heterocycles. The van der Waals surface area contributed by atoms with Gasteiger partial charge in [-0.3, -0.25) is 0 Å². The molecule has 7 heteroatoms. The molecule has 7 nitrogen and oxygen atoms in total. The van der Waals surface area contributed by atoms with E-state index in [-0.39, 0.29) is 6.09 Å². The molecular weight excluding hydrogens is 398 g/mol. The van der Waals surface area contributed by atoms with E-state index in [1.807, 2.05) is 42.5 Å². The van der Waals surface area contributed by atoms with E-state index in [0.717, 1.165) is 16.7 Å². The average molecular weight is 430 g/mol. The predicted octanol–water partition coefficient (Wildman–Crippen LogP) is 4.52. The van der Waals surface area contributed by atoms with Gasteiger partial charge in [-0.25, -0.2) is 4.79 Å². The molecule has 0 N–H and O–H groups in total. The first kappa shape index (κ1) is 23.9. The van der Waals surface area contributed by atoms with Crippen molar-refractivity contribution in [2.24, 2.45) is 0 Å². The number of rotatable bonds is 10. The molecule has 0 aromatic heterocycles. The van der Waals surface area contributed by atoms with Crippen molar-refractivity contribution in [2.75, 3.05) is 48.6 Å². The van der Waals surface area contributed by atoms with E-state index in [2.05, 4.69) is 0 Å². The van der Waals surface area contributed by atoms with Gasteiger partial charge in [-0.05, 0) is 54.3 Å². The summed E-state index contributed by atoms with van der Waals surface area (Å²) in [6, 6.07) is 9.58. The number of likely N-dealkylation sites (N-methyl/N-ethyl adjacent to an activating group) is 1. The van der Waals surface area contributed by atoms with E-state index in [4.69, 9.17) is 23.7 Å². The van der Waals surface area contributed by atoms with Crippen molar-refractivity contribution in [1.29, 1.82) is 0 Å². The lowest BCUT2D eigenvalue weighted by molar-refractivity contribution is 0.116. The summed E-state index contributed by atoms with van der Waals surface area (Å²) in [6.45, 7) is 2.64. The van der Waals surface area contributed by atoms with Gasteiger partial charge in [-0.1, -0.05) is 18.2 Å². The largest absolute Gasteiger partial charge is 0.493 e. The quantitative estimate of drug-likeness (QED) is 0.517. The SMILES string of the molecule is CCOC(=O)N(C)CCc1cc(OC)c(OC)cc1C=Cc1ccc(OC)c(OC)c1. The number of ether oxygens (including phenoxy) is 5. The van der Waals surface area contributed by atoms with Gasteiger partial charge in [0.25, 0.3) is 0 Å². The summed E-state index contributed by atoms with van der Waals surface area (Å²) >= 11 is 0. The second-order valence-electron chi connectivity index (χ2n) is 6.72. The Kier molecular flexibility index (Phi) is 9.06. The minimum absolute atomic E-state index is 0.342. The number of carbonyl (C=O) groups is 1. The van der Waals surface area contributed by atoms with Crippen LogP contribution in [0.2, 0.25) is 0 Å². The fourth-order valence-corrected chi connectivity index (χ4v) is 3.06. The molecule has 168 valence electrons. The highest BCUT2D eigenvalue weighted by atomic mass is 16.6. The Morgan fingerprint density at radius 3 is 2.10 bits per heavy atom. The van der Waals surface area contributed by atoms with Crippen LogP contribution >= 0.6 is 0 Å². The maximum atomic E-state index is 11.9. The summed E-state index contributed by atoms with van der Waals surface area (Å²) in [5.41, 5.74) is 2.94. The van der Waals surface area contributed by atoms with E-state index in [1.165, 1.54) is 0 Å². The molecule has 0 heterocycles. The number of nitrogens with zero attached hydrogens (tertiary/aromatic N) is 1. The van der Waals surface area contributed by atoms with Gasteiger partial charge in [0.15, 0.2) is 23.0 Å². The van der Waals surface area contributed by atoms with Crippen molar-refractivity contribution in [2.45, 2.75) is 13.3 Å². The molecule has 0 saturated heterocycles. The van der Waals surface area contributed by atoms with Crippen LogP contribution in [-0.4, -0.2) is 59.6 Å². The number of amides is 1. The van der Waals surface area contributed by atoms with Gasteiger partial charge in [0.1, 0.15) is 0 Å². The zero-order chi connectivity index (χ0) is 22.8. The van der Waals surface area contributed by atoms with Gasteiger partial charge in [-0.15, -0.1) is 0 Å². The normalized spacial score (nSPS) is 10.6. The van der Waals surface area contributed by atoms with Gasteiger partial charge in [0, 0.05) is 13.6 Å². The Labute approximate surface area is 184 Å². The van der Waals surface area contributed by atoms with Gasteiger partial charge in [-0.2, -0.15) is 0 Å². The van der Waals surface area contributed by atoms with E-state index in [1.54, 1.807) is 47.3 Å². The summed E-state index contributed by atoms with van der Waals surface area (Å²) in [5, 5.41) is 0. The van der Waals surface area contributed by atoms with Crippen molar-refractivity contribution >= 4 is 18.2 Å². The molecule has 2 aromatic rings. The van der Waals surface area contributed by atoms with E-state index >= 15 is 0 Å². The molecule has 0 spiro atoms. The molecule has 0 saturated carbocycles. The fourth-order valence-electron chi connectivity index (χ4n) is 3.06. The molecule has 2 aromatic carbocycles. The summed E-state index contributed by atoms with van der Waals surface area (Å²) in [5.74, 6) is 2.61. The summed E-state index contributed by atoms with van der Waals surface area (Å²) < 4.78 is 26.7. The van der Waals surface area contributed by atoms with Crippen molar-refractivity contribution in [1.82, 2.24) is 4.90 Å². The topological polar surface area (TPSA) is 66.5 Å². The second-order valence-corrected chi connectivity index (χ2v) is 6.72. The van der Waals surface area contributed by atoms with Crippen LogP contribution < -0.4 is 18.9 Å². The maximum absolute atomic E-state index is 11.9. The Morgan fingerprint density at radius 2 is 1.48 bits per heavy atom. The van der Waals surface area contributed by atoms with Crippen LogP contribution in [0, 0.1) is 0 Å². The zero-order valence-corrected chi connectivity index (χ0v) is 19.1. The summed E-state index contributed by atoms with van der Waals surface area (Å²) in [4.78, 5) is 13.5. The fraction of sp³-hybridized carbons (Fsp3) is 0.375. The average Bonchev–Trinajstić information content (AvgIpc) is 2.80. The lowest BCUT2D eigenvalue weighted by atomic mass is 10.0. The van der Waals surface area contributed by atoms with Crippen LogP contribution in [0.25, 0.3) is 12.2 Å². The summed E-state index contributed by atoms with van der Waals surface area (Å²) in [7, 11) is 8.14. The third-order valence-corrected chi connectivity index (χ3v) is 4.80. The highest BCUT2D eigenvalue weighted by Gasteiger charge is 2.13. The lowest BCUT2D eigenvalue weighted by Gasteiger charge is -2.18. The molecule has 0 atom stereocenters. The lowest BCUT2D eigenvalue weighted by Crippen LogP contribution is -2.29. The molecular formula is C24H31NO6. The minimum atomic E-state index is -0.342. The molecule has 0 bridgehead atoms. The van der Waals surface area contributed by atoms with Crippen LogP contribution in [-0.2, 0) is 11.2 Å². The van der Waals surface area contributed by atoms with Crippen LogP contribution in [0.3, 0.4) is 0 Å². The highest BCUT2D eigenvalue weighted by Crippen LogP contribution is 2.33. The highest BCUT2D eigenvalue weighted by molar-refractivity contribution is 5.74. The number of benzene rings is 2. The Balaban J connectivity index is 2.33. The van der Waals surface area contributed by atoms with Gasteiger partial charge < -0.3 is 28.6 Å². The molecule has 0 unspecified atom stereocenters. The zero-order valence-electron chi connectivity index (χ0n) is 19.1. The Hall–Kier alpha value is -3.35. The van der Waals surface area contributed by atoms with Crippen LogP contribution in [0.1, 0.15) is 23.6 Å². The first-order chi connectivity index (χ1) is 15.0. The first-order valence-electron chi connectivity index (χ1n) is 10.00. The third kappa shape index (κ3) is 6.31. The van der Waals surface area contributed by atoms with Crippen molar-refractivity contribution in [3.8, 4) is 23.0 Å². The number of carbonyl (C=O) groups excluding carboxylic acids is 1. The molecule has 31 heavy (non-hydrogen) atoms. The van der Waals surface area contributed by atoms with Crippen molar-refractivity contribution < 1.29 is 28.5 Å². The van der Waals surface area contributed by atoms with E-state index in [9.17, 15) is 4.79 Å². The second kappa shape index (κ2) is 11.7. The monoisotopic (exact) mass is 429 g/mol. The van der Waals surface area contributed by atoms with Gasteiger partial charge in [0.2, 0.25) is 0 Å². The number of methoxy groups -OCH3 is 4. The van der Waals surface area contributed by atoms with Gasteiger partial charge >= 0.3 is 6.09 Å². The third-order valence-electron chi connectivity index (χ3n) is 4.80. The number of hydrogen-bond acceptors (Lipinski definition) is 6. The van der Waals surface area contributed by atoms with Crippen LogP contribution in [0.5, 0.6) is 23.0 Å².